The van der Waals surface area contributed by atoms with Gasteiger partial charge in [0.15, 0.2) is 8.32 Å². The summed E-state index contributed by atoms with van der Waals surface area (Å²) < 4.78 is 46.6. The second kappa shape index (κ2) is 10.2. The molecule has 210 valence electrons. The largest absolute Gasteiger partial charge is 0.416 e. The molecule has 0 spiro atoms. The first-order valence-corrected chi connectivity index (χ1v) is 16.9. The van der Waals surface area contributed by atoms with E-state index in [1.807, 2.05) is 0 Å². The SMILES string of the molecule is CC1(C)Cc2nc(Cl)c(C(O)c3ccc(C(F)(F)F)cc3)c(C3CCCC3)c2C(O[Si](C)(C)C(C)(C)C)C1. The highest BCUT2D eigenvalue weighted by Gasteiger charge is 2.45. The van der Waals surface area contributed by atoms with Gasteiger partial charge in [0.2, 0.25) is 0 Å². The van der Waals surface area contributed by atoms with Crippen LogP contribution >= 0.6 is 11.6 Å². The molecule has 2 aliphatic rings. The van der Waals surface area contributed by atoms with Gasteiger partial charge in [0, 0.05) is 16.8 Å². The fourth-order valence-corrected chi connectivity index (χ4v) is 7.42. The normalized spacial score (nSPS) is 21.4. The first-order chi connectivity index (χ1) is 17.4. The molecule has 3 nitrogen and oxygen atoms in total. The molecule has 2 aromatic rings. The van der Waals surface area contributed by atoms with Crippen LogP contribution in [0.1, 0.15) is 118 Å². The molecular formula is C30H41ClF3NO2Si. The van der Waals surface area contributed by atoms with Gasteiger partial charge < -0.3 is 9.53 Å². The Morgan fingerprint density at radius 3 is 2.16 bits per heavy atom. The molecule has 0 aliphatic heterocycles. The number of aromatic nitrogens is 1. The van der Waals surface area contributed by atoms with Crippen molar-refractivity contribution in [3.63, 3.8) is 0 Å². The minimum Gasteiger partial charge on any atom is -0.410 e. The van der Waals surface area contributed by atoms with Crippen LogP contribution in [0.2, 0.25) is 23.3 Å². The van der Waals surface area contributed by atoms with Crippen molar-refractivity contribution < 1.29 is 22.7 Å². The lowest BCUT2D eigenvalue weighted by Crippen LogP contribution is -2.44. The Morgan fingerprint density at radius 2 is 1.63 bits per heavy atom. The van der Waals surface area contributed by atoms with E-state index in [9.17, 15) is 18.3 Å². The van der Waals surface area contributed by atoms with E-state index in [4.69, 9.17) is 21.0 Å². The maximum absolute atomic E-state index is 13.2. The summed E-state index contributed by atoms with van der Waals surface area (Å²) in [6.45, 7) is 15.7. The molecule has 1 saturated carbocycles. The van der Waals surface area contributed by atoms with Crippen molar-refractivity contribution in [2.45, 2.75) is 116 Å². The van der Waals surface area contributed by atoms with E-state index < -0.39 is 26.2 Å². The molecule has 0 radical (unpaired) electrons. The van der Waals surface area contributed by atoms with Crippen LogP contribution in [0, 0.1) is 5.41 Å². The van der Waals surface area contributed by atoms with Crippen LogP contribution in [-0.2, 0) is 17.0 Å². The Kier molecular flexibility index (Phi) is 7.94. The average Bonchev–Trinajstić information content (AvgIpc) is 3.30. The highest BCUT2D eigenvalue weighted by Crippen LogP contribution is 2.53. The lowest BCUT2D eigenvalue weighted by atomic mass is 9.71. The van der Waals surface area contributed by atoms with Crippen LogP contribution in [0.5, 0.6) is 0 Å². The van der Waals surface area contributed by atoms with Gasteiger partial charge in [0.25, 0.3) is 0 Å². The molecule has 1 aromatic carbocycles. The number of rotatable bonds is 5. The van der Waals surface area contributed by atoms with Gasteiger partial charge in [-0.15, -0.1) is 0 Å². The van der Waals surface area contributed by atoms with Crippen LogP contribution in [-0.4, -0.2) is 18.4 Å². The summed E-state index contributed by atoms with van der Waals surface area (Å²) in [7, 11) is -2.16. The number of hydrogen-bond acceptors (Lipinski definition) is 3. The zero-order valence-electron chi connectivity index (χ0n) is 23.6. The maximum atomic E-state index is 13.2. The lowest BCUT2D eigenvalue weighted by Gasteiger charge is -2.45. The summed E-state index contributed by atoms with van der Waals surface area (Å²) >= 11 is 6.86. The first-order valence-electron chi connectivity index (χ1n) is 13.7. The summed E-state index contributed by atoms with van der Waals surface area (Å²) in [4.78, 5) is 4.85. The van der Waals surface area contributed by atoms with Crippen LogP contribution in [0.3, 0.4) is 0 Å². The third kappa shape index (κ3) is 5.86. The Labute approximate surface area is 231 Å². The Morgan fingerprint density at radius 1 is 1.05 bits per heavy atom. The van der Waals surface area contributed by atoms with E-state index >= 15 is 0 Å². The molecule has 2 unspecified atom stereocenters. The third-order valence-electron chi connectivity index (χ3n) is 8.89. The molecule has 0 amide bonds. The van der Waals surface area contributed by atoms with Gasteiger partial charge in [-0.2, -0.15) is 13.2 Å². The molecule has 2 aliphatic carbocycles. The van der Waals surface area contributed by atoms with Crippen molar-refractivity contribution in [1.82, 2.24) is 4.98 Å². The summed E-state index contributed by atoms with van der Waals surface area (Å²) in [5, 5.41) is 11.9. The van der Waals surface area contributed by atoms with Gasteiger partial charge in [-0.25, -0.2) is 4.98 Å². The first kappa shape index (κ1) is 29.6. The number of aliphatic hydroxyl groups is 1. The fraction of sp³-hybridized carbons (Fsp3) is 0.633. The predicted octanol–water partition coefficient (Wildman–Crippen LogP) is 9.53. The van der Waals surface area contributed by atoms with Gasteiger partial charge in [-0.1, -0.05) is 71.2 Å². The standard InChI is InChI=1S/C30H41ClF3NO2Si/c1-28(2,3)38(6,7)37-22-17-29(4,5)16-21-24(22)23(18-10-8-9-11-18)25(27(31)35-21)26(36)19-12-14-20(15-13-19)30(32,33)34/h12-15,18,22,26,36H,8-11,16-17H2,1-7H3. The van der Waals surface area contributed by atoms with Crippen LogP contribution in [0.25, 0.3) is 0 Å². The molecular weight excluding hydrogens is 527 g/mol. The zero-order chi connectivity index (χ0) is 28.3. The van der Waals surface area contributed by atoms with Crippen molar-refractivity contribution in [3.05, 3.63) is 62.9 Å². The van der Waals surface area contributed by atoms with E-state index in [0.717, 1.165) is 67.5 Å². The molecule has 0 saturated heterocycles. The number of benzene rings is 1. The number of fused-ring (bicyclic) bond motifs is 1. The average molecular weight is 568 g/mol. The van der Waals surface area contributed by atoms with Gasteiger partial charge >= 0.3 is 6.18 Å². The van der Waals surface area contributed by atoms with Gasteiger partial charge in [-0.05, 0) is 78.4 Å². The van der Waals surface area contributed by atoms with Gasteiger partial charge in [-0.3, -0.25) is 0 Å². The summed E-state index contributed by atoms with van der Waals surface area (Å²) in [6.07, 6.45) is -0.0460. The molecule has 1 aromatic heterocycles. The molecule has 4 rings (SSSR count). The number of aliphatic hydroxyl groups excluding tert-OH is 1. The van der Waals surface area contributed by atoms with E-state index in [1.54, 1.807) is 0 Å². The summed E-state index contributed by atoms with van der Waals surface area (Å²) in [6, 6.07) is 4.71. The number of nitrogens with zero attached hydrogens (tertiary/aromatic N) is 1. The van der Waals surface area contributed by atoms with E-state index in [1.165, 1.54) is 12.1 Å². The Bertz CT molecular complexity index is 1170. The van der Waals surface area contributed by atoms with E-state index in [2.05, 4.69) is 47.7 Å². The molecule has 38 heavy (non-hydrogen) atoms. The second-order valence-corrected chi connectivity index (χ2v) is 18.6. The van der Waals surface area contributed by atoms with Crippen molar-refractivity contribution in [1.29, 1.82) is 0 Å². The third-order valence-corrected chi connectivity index (χ3v) is 13.7. The summed E-state index contributed by atoms with van der Waals surface area (Å²) in [5.41, 5.74) is 3.14. The summed E-state index contributed by atoms with van der Waals surface area (Å²) in [5.74, 6) is 0.204. The maximum Gasteiger partial charge on any atom is 0.416 e. The Balaban J connectivity index is 1.90. The second-order valence-electron chi connectivity index (χ2n) is 13.5. The van der Waals surface area contributed by atoms with Crippen molar-refractivity contribution in [3.8, 4) is 0 Å². The smallest absolute Gasteiger partial charge is 0.410 e. The number of halogens is 4. The highest BCUT2D eigenvalue weighted by molar-refractivity contribution is 6.74. The van der Waals surface area contributed by atoms with Crippen LogP contribution in [0.15, 0.2) is 24.3 Å². The fourth-order valence-electron chi connectivity index (χ4n) is 5.84. The lowest BCUT2D eigenvalue weighted by molar-refractivity contribution is -0.137. The molecule has 8 heteroatoms. The highest BCUT2D eigenvalue weighted by atomic mass is 35.5. The molecule has 1 fully saturated rings. The van der Waals surface area contributed by atoms with E-state index in [0.29, 0.717) is 11.1 Å². The number of hydrogen-bond donors (Lipinski definition) is 1. The predicted molar refractivity (Wildman–Crippen MR) is 149 cm³/mol. The minimum absolute atomic E-state index is 0.0186. The van der Waals surface area contributed by atoms with Crippen molar-refractivity contribution in [2.24, 2.45) is 5.41 Å². The quantitative estimate of drug-likeness (QED) is 0.289. The van der Waals surface area contributed by atoms with Crippen molar-refractivity contribution >= 4 is 19.9 Å². The molecule has 2 atom stereocenters. The minimum atomic E-state index is -4.44. The molecule has 1 N–H and O–H groups in total. The Hall–Kier alpha value is -1.41. The molecule has 0 bridgehead atoms. The topological polar surface area (TPSA) is 42.4 Å². The number of alkyl halides is 3. The van der Waals surface area contributed by atoms with Crippen LogP contribution in [0.4, 0.5) is 13.2 Å². The zero-order valence-corrected chi connectivity index (χ0v) is 25.4. The number of pyridine rings is 1. The monoisotopic (exact) mass is 567 g/mol. The molecule has 1 heterocycles. The van der Waals surface area contributed by atoms with Gasteiger partial charge in [0.1, 0.15) is 11.3 Å². The van der Waals surface area contributed by atoms with Gasteiger partial charge in [0.05, 0.1) is 11.7 Å². The van der Waals surface area contributed by atoms with Crippen molar-refractivity contribution in [2.75, 3.05) is 0 Å². The van der Waals surface area contributed by atoms with E-state index in [-0.39, 0.29) is 27.6 Å². The van der Waals surface area contributed by atoms with Crippen LogP contribution < -0.4 is 0 Å².